The van der Waals surface area contributed by atoms with Crippen molar-refractivity contribution in [3.05, 3.63) is 90.1 Å². The fourth-order valence-electron chi connectivity index (χ4n) is 4.64. The van der Waals surface area contributed by atoms with Crippen LogP contribution in [0.5, 0.6) is 11.5 Å². The SMILES string of the molecule is COc1ccc(N2CCN(c3nccc4ccc(C(=O)NCc5ccccc5OC)cc34)CC2)cc1. The molecule has 1 aliphatic heterocycles. The van der Waals surface area contributed by atoms with Crippen molar-refractivity contribution in [2.45, 2.75) is 6.54 Å². The molecule has 0 radical (unpaired) electrons. The highest BCUT2D eigenvalue weighted by Gasteiger charge is 2.20. The number of fused-ring (bicyclic) bond motifs is 1. The first-order chi connectivity index (χ1) is 17.7. The molecule has 184 valence electrons. The van der Waals surface area contributed by atoms with Crippen LogP contribution in [-0.4, -0.2) is 51.3 Å². The smallest absolute Gasteiger partial charge is 0.251 e. The number of para-hydroxylation sites is 1. The van der Waals surface area contributed by atoms with Gasteiger partial charge in [0, 0.05) is 61.1 Å². The predicted octanol–water partition coefficient (Wildman–Crippen LogP) is 4.51. The molecule has 0 bridgehead atoms. The number of carbonyl (C=O) groups is 1. The lowest BCUT2D eigenvalue weighted by molar-refractivity contribution is 0.0951. The zero-order valence-electron chi connectivity index (χ0n) is 20.6. The lowest BCUT2D eigenvalue weighted by Gasteiger charge is -2.37. The van der Waals surface area contributed by atoms with Gasteiger partial charge in [0.05, 0.1) is 14.2 Å². The summed E-state index contributed by atoms with van der Waals surface area (Å²) in [6, 6.07) is 23.7. The second-order valence-corrected chi connectivity index (χ2v) is 8.74. The van der Waals surface area contributed by atoms with Crippen LogP contribution in [0.25, 0.3) is 10.8 Å². The van der Waals surface area contributed by atoms with E-state index in [1.807, 2.05) is 66.9 Å². The summed E-state index contributed by atoms with van der Waals surface area (Å²) in [4.78, 5) is 22.4. The zero-order chi connectivity index (χ0) is 24.9. The molecule has 36 heavy (non-hydrogen) atoms. The highest BCUT2D eigenvalue weighted by Crippen LogP contribution is 2.28. The highest BCUT2D eigenvalue weighted by atomic mass is 16.5. The van der Waals surface area contributed by atoms with Gasteiger partial charge in [-0.15, -0.1) is 0 Å². The van der Waals surface area contributed by atoms with Crippen LogP contribution >= 0.6 is 0 Å². The summed E-state index contributed by atoms with van der Waals surface area (Å²) in [6.45, 7) is 3.88. The molecular formula is C29H30N4O3. The van der Waals surface area contributed by atoms with E-state index in [0.717, 1.165) is 59.8 Å². The third-order valence-electron chi connectivity index (χ3n) is 6.66. The number of pyridine rings is 1. The van der Waals surface area contributed by atoms with Gasteiger partial charge in [0.2, 0.25) is 0 Å². The van der Waals surface area contributed by atoms with Crippen molar-refractivity contribution in [1.29, 1.82) is 0 Å². The van der Waals surface area contributed by atoms with Crippen LogP contribution in [0.1, 0.15) is 15.9 Å². The van der Waals surface area contributed by atoms with Crippen molar-refractivity contribution in [2.24, 2.45) is 0 Å². The van der Waals surface area contributed by atoms with Gasteiger partial charge in [-0.25, -0.2) is 4.98 Å². The quantitative estimate of drug-likeness (QED) is 0.418. The summed E-state index contributed by atoms with van der Waals surface area (Å²) in [5.74, 6) is 2.42. The number of hydrogen-bond acceptors (Lipinski definition) is 6. The van der Waals surface area contributed by atoms with Crippen LogP contribution in [0.4, 0.5) is 11.5 Å². The number of rotatable bonds is 7. The predicted molar refractivity (Wildman–Crippen MR) is 143 cm³/mol. The Kier molecular flexibility index (Phi) is 6.89. The summed E-state index contributed by atoms with van der Waals surface area (Å²) < 4.78 is 10.7. The Morgan fingerprint density at radius 2 is 1.64 bits per heavy atom. The number of aromatic nitrogens is 1. The Hall–Kier alpha value is -4.26. The lowest BCUT2D eigenvalue weighted by atomic mass is 10.1. The van der Waals surface area contributed by atoms with E-state index in [1.54, 1.807) is 14.2 Å². The van der Waals surface area contributed by atoms with Gasteiger partial charge in [0.1, 0.15) is 17.3 Å². The Morgan fingerprint density at radius 3 is 2.39 bits per heavy atom. The maximum Gasteiger partial charge on any atom is 0.251 e. The number of benzene rings is 3. The maximum atomic E-state index is 13.0. The molecule has 1 amide bonds. The molecule has 1 saturated heterocycles. The minimum atomic E-state index is -0.123. The molecule has 5 rings (SSSR count). The molecule has 0 aliphatic carbocycles. The van der Waals surface area contributed by atoms with Gasteiger partial charge in [-0.1, -0.05) is 24.3 Å². The van der Waals surface area contributed by atoms with Crippen LogP contribution in [0.2, 0.25) is 0 Å². The number of hydrogen-bond donors (Lipinski definition) is 1. The van der Waals surface area contributed by atoms with Crippen LogP contribution in [0.3, 0.4) is 0 Å². The first kappa shape index (κ1) is 23.5. The first-order valence-electron chi connectivity index (χ1n) is 12.1. The summed E-state index contributed by atoms with van der Waals surface area (Å²) in [5, 5.41) is 5.07. The van der Waals surface area contributed by atoms with E-state index in [4.69, 9.17) is 14.5 Å². The van der Waals surface area contributed by atoms with Gasteiger partial charge in [0.25, 0.3) is 5.91 Å². The minimum absolute atomic E-state index is 0.123. The van der Waals surface area contributed by atoms with E-state index in [2.05, 4.69) is 27.2 Å². The van der Waals surface area contributed by atoms with Crippen molar-refractivity contribution in [3.8, 4) is 11.5 Å². The molecule has 0 atom stereocenters. The molecule has 0 saturated carbocycles. The van der Waals surface area contributed by atoms with Crippen molar-refractivity contribution >= 4 is 28.2 Å². The van der Waals surface area contributed by atoms with Crippen molar-refractivity contribution in [1.82, 2.24) is 10.3 Å². The third-order valence-corrected chi connectivity index (χ3v) is 6.66. The molecule has 1 N–H and O–H groups in total. The van der Waals surface area contributed by atoms with Gasteiger partial charge in [-0.3, -0.25) is 4.79 Å². The number of piperazine rings is 1. The topological polar surface area (TPSA) is 66.9 Å². The Morgan fingerprint density at radius 1 is 0.889 bits per heavy atom. The Balaban J connectivity index is 1.30. The molecule has 0 unspecified atom stereocenters. The average Bonchev–Trinajstić information content (AvgIpc) is 2.95. The van der Waals surface area contributed by atoms with E-state index in [0.29, 0.717) is 12.1 Å². The summed E-state index contributed by atoms with van der Waals surface area (Å²) in [7, 11) is 3.32. The number of amides is 1. The van der Waals surface area contributed by atoms with Crippen molar-refractivity contribution in [2.75, 3.05) is 50.2 Å². The summed E-state index contributed by atoms with van der Waals surface area (Å²) >= 11 is 0. The maximum absolute atomic E-state index is 13.0. The van der Waals surface area contributed by atoms with Crippen LogP contribution < -0.4 is 24.6 Å². The zero-order valence-corrected chi connectivity index (χ0v) is 20.6. The average molecular weight is 483 g/mol. The monoisotopic (exact) mass is 482 g/mol. The number of methoxy groups -OCH3 is 2. The number of nitrogens with one attached hydrogen (secondary N) is 1. The third kappa shape index (κ3) is 4.91. The molecule has 3 aromatic carbocycles. The van der Waals surface area contributed by atoms with E-state index in [1.165, 1.54) is 5.69 Å². The van der Waals surface area contributed by atoms with Crippen LogP contribution in [0.15, 0.2) is 79.0 Å². The number of carbonyl (C=O) groups excluding carboxylic acids is 1. The minimum Gasteiger partial charge on any atom is -0.497 e. The Bertz CT molecular complexity index is 1350. The largest absolute Gasteiger partial charge is 0.497 e. The van der Waals surface area contributed by atoms with Crippen LogP contribution in [-0.2, 0) is 6.54 Å². The molecular weight excluding hydrogens is 452 g/mol. The first-order valence-corrected chi connectivity index (χ1v) is 12.1. The van der Waals surface area contributed by atoms with Gasteiger partial charge in [-0.2, -0.15) is 0 Å². The van der Waals surface area contributed by atoms with E-state index in [-0.39, 0.29) is 5.91 Å². The highest BCUT2D eigenvalue weighted by molar-refractivity contribution is 6.01. The fourth-order valence-corrected chi connectivity index (χ4v) is 4.64. The second-order valence-electron chi connectivity index (χ2n) is 8.74. The van der Waals surface area contributed by atoms with E-state index >= 15 is 0 Å². The number of ether oxygens (including phenoxy) is 2. The summed E-state index contributed by atoms with van der Waals surface area (Å²) in [5.41, 5.74) is 2.74. The lowest BCUT2D eigenvalue weighted by Crippen LogP contribution is -2.46. The molecule has 1 aromatic heterocycles. The molecule has 4 aromatic rings. The van der Waals surface area contributed by atoms with Gasteiger partial charge >= 0.3 is 0 Å². The van der Waals surface area contributed by atoms with Crippen LogP contribution in [0, 0.1) is 0 Å². The van der Waals surface area contributed by atoms with Gasteiger partial charge in [-0.05, 0) is 53.9 Å². The molecule has 2 heterocycles. The molecule has 1 fully saturated rings. The molecule has 1 aliphatic rings. The molecule has 7 nitrogen and oxygen atoms in total. The van der Waals surface area contributed by atoms with E-state index in [9.17, 15) is 4.79 Å². The van der Waals surface area contributed by atoms with Gasteiger partial charge in [0.15, 0.2) is 0 Å². The van der Waals surface area contributed by atoms with Crippen molar-refractivity contribution in [3.63, 3.8) is 0 Å². The molecule has 0 spiro atoms. The molecule has 7 heteroatoms. The summed E-state index contributed by atoms with van der Waals surface area (Å²) in [6.07, 6.45) is 1.84. The standard InChI is InChI=1S/C29H30N4O3/c1-35-25-11-9-24(10-12-25)32-15-17-33(18-16-32)28-26-19-22(8-7-21(26)13-14-30-28)29(34)31-20-23-5-3-4-6-27(23)36-2/h3-14,19H,15-18,20H2,1-2H3,(H,31,34). The normalized spacial score (nSPS) is 13.5. The number of anilines is 2. The fraction of sp³-hybridized carbons (Fsp3) is 0.241. The van der Waals surface area contributed by atoms with E-state index < -0.39 is 0 Å². The number of nitrogens with zero attached hydrogens (tertiary/aromatic N) is 3. The Labute approximate surface area is 211 Å². The second kappa shape index (κ2) is 10.6. The van der Waals surface area contributed by atoms with Gasteiger partial charge < -0.3 is 24.6 Å². The van der Waals surface area contributed by atoms with Crippen molar-refractivity contribution < 1.29 is 14.3 Å².